The molecule has 0 aliphatic carbocycles. The van der Waals surface area contributed by atoms with Gasteiger partial charge in [-0.3, -0.25) is 9.59 Å². The number of carbonyl (C=O) groups is 3. The zero-order valence-electron chi connectivity index (χ0n) is 17.4. The zero-order chi connectivity index (χ0) is 21.5. The van der Waals surface area contributed by atoms with Crippen LogP contribution >= 0.6 is 11.3 Å². The molecule has 7 nitrogen and oxygen atoms in total. The van der Waals surface area contributed by atoms with Gasteiger partial charge < -0.3 is 14.5 Å². The van der Waals surface area contributed by atoms with Crippen LogP contribution in [0.15, 0.2) is 30.5 Å². The number of nitrogens with zero attached hydrogens (tertiary/aromatic N) is 3. The van der Waals surface area contributed by atoms with Crippen LogP contribution in [0.3, 0.4) is 0 Å². The molecule has 0 saturated carbocycles. The van der Waals surface area contributed by atoms with Gasteiger partial charge in [-0.05, 0) is 44.5 Å². The fraction of sp³-hybridized carbons (Fsp3) is 0.455. The molecule has 1 aliphatic heterocycles. The van der Waals surface area contributed by atoms with Crippen LogP contribution in [-0.4, -0.2) is 60.3 Å². The molecule has 0 aromatic carbocycles. The van der Waals surface area contributed by atoms with Crippen molar-refractivity contribution in [2.75, 3.05) is 37.7 Å². The molecular formula is C22H27N3O4S. The van der Waals surface area contributed by atoms with Crippen LogP contribution < -0.4 is 4.90 Å². The molecule has 30 heavy (non-hydrogen) atoms. The first-order chi connectivity index (χ1) is 14.5. The molecule has 0 bridgehead atoms. The number of ketones is 1. The van der Waals surface area contributed by atoms with Crippen LogP contribution in [0.2, 0.25) is 0 Å². The van der Waals surface area contributed by atoms with E-state index in [2.05, 4.69) is 9.88 Å². The Bertz CT molecular complexity index is 894. The average Bonchev–Trinajstić information content (AvgIpc) is 3.04. The maximum absolute atomic E-state index is 12.6. The number of esters is 1. The topological polar surface area (TPSA) is 79.8 Å². The minimum absolute atomic E-state index is 0.0177. The summed E-state index contributed by atoms with van der Waals surface area (Å²) in [4.78, 5) is 46.8. The van der Waals surface area contributed by atoms with Crippen LogP contribution in [0.5, 0.6) is 0 Å². The fourth-order valence-corrected chi connectivity index (χ4v) is 4.23. The fourth-order valence-electron chi connectivity index (χ4n) is 3.39. The molecule has 8 heteroatoms. The number of aryl methyl sites for hydroxylation is 1. The number of ether oxygens (including phenoxy) is 1. The number of Topliss-reactive ketones (excluding diaryl/α,β-unsaturated/α-hetero) is 1. The minimum atomic E-state index is -0.378. The molecule has 1 fully saturated rings. The van der Waals surface area contributed by atoms with E-state index >= 15 is 0 Å². The van der Waals surface area contributed by atoms with Crippen LogP contribution in [0, 0.1) is 6.92 Å². The van der Waals surface area contributed by atoms with Gasteiger partial charge in [0.1, 0.15) is 5.82 Å². The summed E-state index contributed by atoms with van der Waals surface area (Å²) >= 11 is 1.47. The second-order valence-electron chi connectivity index (χ2n) is 7.18. The molecule has 0 unspecified atom stereocenters. The summed E-state index contributed by atoms with van der Waals surface area (Å²) in [5.41, 5.74) is 0.429. The van der Waals surface area contributed by atoms with E-state index in [4.69, 9.17) is 4.74 Å². The lowest BCUT2D eigenvalue weighted by molar-refractivity contribution is -0.130. The lowest BCUT2D eigenvalue weighted by Gasteiger charge is -2.23. The Morgan fingerprint density at radius 1 is 1.07 bits per heavy atom. The first-order valence-corrected chi connectivity index (χ1v) is 11.0. The van der Waals surface area contributed by atoms with Crippen molar-refractivity contribution < 1.29 is 19.1 Å². The van der Waals surface area contributed by atoms with Gasteiger partial charge in [0, 0.05) is 50.1 Å². The van der Waals surface area contributed by atoms with E-state index in [9.17, 15) is 14.4 Å². The Morgan fingerprint density at radius 3 is 2.57 bits per heavy atom. The third kappa shape index (κ3) is 5.66. The number of carbonyl (C=O) groups excluding carboxylic acids is 3. The summed E-state index contributed by atoms with van der Waals surface area (Å²) < 4.78 is 4.98. The third-order valence-electron chi connectivity index (χ3n) is 5.01. The van der Waals surface area contributed by atoms with Crippen LogP contribution in [0.25, 0.3) is 0 Å². The number of hydrogen-bond acceptors (Lipinski definition) is 7. The van der Waals surface area contributed by atoms with E-state index in [0.29, 0.717) is 31.8 Å². The molecule has 3 heterocycles. The minimum Gasteiger partial charge on any atom is -0.462 e. The molecule has 1 aliphatic rings. The first-order valence-electron chi connectivity index (χ1n) is 10.2. The summed E-state index contributed by atoms with van der Waals surface area (Å²) in [6.07, 6.45) is 2.84. The maximum atomic E-state index is 12.6. The van der Waals surface area contributed by atoms with Gasteiger partial charge in [0.15, 0.2) is 5.78 Å². The van der Waals surface area contributed by atoms with Crippen molar-refractivity contribution in [3.05, 3.63) is 45.8 Å². The van der Waals surface area contributed by atoms with E-state index in [-0.39, 0.29) is 30.5 Å². The Hall–Kier alpha value is -2.74. The molecule has 0 spiro atoms. The Kier molecular flexibility index (Phi) is 7.57. The molecule has 1 amide bonds. The van der Waals surface area contributed by atoms with Gasteiger partial charge in [-0.1, -0.05) is 0 Å². The van der Waals surface area contributed by atoms with Gasteiger partial charge in [0.2, 0.25) is 5.91 Å². The van der Waals surface area contributed by atoms with Gasteiger partial charge in [0.25, 0.3) is 0 Å². The number of rotatable bonds is 7. The van der Waals surface area contributed by atoms with Gasteiger partial charge >= 0.3 is 5.97 Å². The summed E-state index contributed by atoms with van der Waals surface area (Å²) in [7, 11) is 0. The predicted octanol–water partition coefficient (Wildman–Crippen LogP) is 3.33. The summed E-state index contributed by atoms with van der Waals surface area (Å²) in [5.74, 6) is 0.449. The molecule has 0 atom stereocenters. The number of pyridine rings is 1. The molecule has 1 saturated heterocycles. The zero-order valence-corrected chi connectivity index (χ0v) is 18.2. The normalized spacial score (nSPS) is 14.3. The van der Waals surface area contributed by atoms with Gasteiger partial charge in [0.05, 0.1) is 17.0 Å². The highest BCUT2D eigenvalue weighted by Gasteiger charge is 2.21. The SMILES string of the molecule is CCOC(=O)c1ccc(N2CCCN(C(=O)CCC(=O)c3ccc(C)s3)CC2)nc1. The Balaban J connectivity index is 1.51. The summed E-state index contributed by atoms with van der Waals surface area (Å²) in [6.45, 7) is 6.76. The van der Waals surface area contributed by atoms with E-state index in [1.54, 1.807) is 13.0 Å². The molecule has 160 valence electrons. The van der Waals surface area contributed by atoms with Crippen molar-refractivity contribution >= 4 is 34.8 Å². The smallest absolute Gasteiger partial charge is 0.339 e. The predicted molar refractivity (Wildman–Crippen MR) is 116 cm³/mol. The van der Waals surface area contributed by atoms with Gasteiger partial charge in [-0.15, -0.1) is 11.3 Å². The number of hydrogen-bond donors (Lipinski definition) is 0. The van der Waals surface area contributed by atoms with E-state index in [1.807, 2.05) is 30.0 Å². The quantitative estimate of drug-likeness (QED) is 0.496. The molecule has 3 rings (SSSR count). The van der Waals surface area contributed by atoms with E-state index < -0.39 is 0 Å². The molecule has 0 N–H and O–H groups in total. The molecule has 2 aromatic rings. The highest BCUT2D eigenvalue weighted by molar-refractivity contribution is 7.14. The van der Waals surface area contributed by atoms with Crippen LogP contribution in [0.1, 0.15) is 51.1 Å². The highest BCUT2D eigenvalue weighted by atomic mass is 32.1. The average molecular weight is 430 g/mol. The van der Waals surface area contributed by atoms with Crippen molar-refractivity contribution in [3.8, 4) is 0 Å². The third-order valence-corrected chi connectivity index (χ3v) is 6.05. The largest absolute Gasteiger partial charge is 0.462 e. The van der Waals surface area contributed by atoms with Crippen molar-refractivity contribution in [2.45, 2.75) is 33.1 Å². The second-order valence-corrected chi connectivity index (χ2v) is 8.47. The molecule has 0 radical (unpaired) electrons. The standard InChI is InChI=1S/C22H27N3O4S/c1-3-29-22(28)17-6-9-20(23-15-17)24-11-4-12-25(14-13-24)21(27)10-7-18(26)19-8-5-16(2)30-19/h5-6,8-9,15H,3-4,7,10-14H2,1-2H3. The first kappa shape index (κ1) is 22.0. The highest BCUT2D eigenvalue weighted by Crippen LogP contribution is 2.19. The van der Waals surface area contributed by atoms with Gasteiger partial charge in [-0.2, -0.15) is 0 Å². The summed E-state index contributed by atoms with van der Waals surface area (Å²) in [6, 6.07) is 7.28. The Morgan fingerprint density at radius 2 is 1.90 bits per heavy atom. The van der Waals surface area contributed by atoms with Crippen LogP contribution in [-0.2, 0) is 9.53 Å². The van der Waals surface area contributed by atoms with Gasteiger partial charge in [-0.25, -0.2) is 9.78 Å². The lowest BCUT2D eigenvalue weighted by atomic mass is 10.1. The van der Waals surface area contributed by atoms with Crippen LogP contribution in [0.4, 0.5) is 5.82 Å². The van der Waals surface area contributed by atoms with Crippen molar-refractivity contribution in [1.82, 2.24) is 9.88 Å². The van der Waals surface area contributed by atoms with E-state index in [1.165, 1.54) is 17.5 Å². The van der Waals surface area contributed by atoms with Crippen molar-refractivity contribution in [3.63, 3.8) is 0 Å². The number of aromatic nitrogens is 1. The van der Waals surface area contributed by atoms with E-state index in [0.717, 1.165) is 28.5 Å². The number of thiophene rings is 1. The van der Waals surface area contributed by atoms with Crippen molar-refractivity contribution in [1.29, 1.82) is 0 Å². The molecule has 2 aromatic heterocycles. The monoisotopic (exact) mass is 429 g/mol. The number of anilines is 1. The Labute approximate surface area is 180 Å². The lowest BCUT2D eigenvalue weighted by Crippen LogP contribution is -2.35. The summed E-state index contributed by atoms with van der Waals surface area (Å²) in [5, 5.41) is 0. The van der Waals surface area contributed by atoms with Crippen molar-refractivity contribution in [2.24, 2.45) is 0 Å². The number of amides is 1. The molecular weight excluding hydrogens is 402 g/mol. The maximum Gasteiger partial charge on any atom is 0.339 e. The second kappa shape index (κ2) is 10.3.